The van der Waals surface area contributed by atoms with E-state index in [0.717, 1.165) is 0 Å². The molecule has 0 aliphatic rings. The zero-order chi connectivity index (χ0) is 17.7. The van der Waals surface area contributed by atoms with E-state index >= 15 is 0 Å². The van der Waals surface area contributed by atoms with Crippen LogP contribution in [0.4, 0.5) is 5.69 Å². The Morgan fingerprint density at radius 1 is 1.00 bits per heavy atom. The van der Waals surface area contributed by atoms with E-state index in [-0.39, 0.29) is 4.90 Å². The van der Waals surface area contributed by atoms with Gasteiger partial charge in [0.25, 0.3) is 10.0 Å². The van der Waals surface area contributed by atoms with Crippen molar-refractivity contribution in [2.24, 2.45) is 0 Å². The van der Waals surface area contributed by atoms with Gasteiger partial charge in [0, 0.05) is 19.2 Å². The Morgan fingerprint density at radius 2 is 1.71 bits per heavy atom. The second-order valence-electron chi connectivity index (χ2n) is 4.92. The summed E-state index contributed by atoms with van der Waals surface area (Å²) in [5.41, 5.74) is 0.510. The quantitative estimate of drug-likeness (QED) is 0.767. The van der Waals surface area contributed by atoms with Crippen molar-refractivity contribution in [1.82, 2.24) is 0 Å². The number of sulfonamides is 1. The Kier molecular flexibility index (Phi) is 5.56. The third-order valence-corrected chi connectivity index (χ3v) is 5.29. The maximum Gasteiger partial charge on any atom is 0.264 e. The molecule has 0 saturated heterocycles. The molecule has 0 amide bonds. The minimum Gasteiger partial charge on any atom is -0.494 e. The van der Waals surface area contributed by atoms with Gasteiger partial charge >= 0.3 is 0 Å². The standard InChI is InChI=1S/C17H21NO5S/c1-5-23-14-8-6-7-13(11-14)18(2)24(19,20)15-9-10-16(21-3)17(12-15)22-4/h6-12H,5H2,1-4H3. The van der Waals surface area contributed by atoms with Crippen LogP contribution in [0.25, 0.3) is 0 Å². The minimum atomic E-state index is -3.74. The smallest absolute Gasteiger partial charge is 0.264 e. The van der Waals surface area contributed by atoms with Crippen LogP contribution in [0.3, 0.4) is 0 Å². The van der Waals surface area contributed by atoms with E-state index < -0.39 is 10.0 Å². The van der Waals surface area contributed by atoms with Gasteiger partial charge in [0.05, 0.1) is 31.4 Å². The lowest BCUT2D eigenvalue weighted by Crippen LogP contribution is -2.26. The molecule has 0 heterocycles. The molecule has 0 aliphatic carbocycles. The van der Waals surface area contributed by atoms with E-state index in [1.807, 2.05) is 6.92 Å². The zero-order valence-corrected chi connectivity index (χ0v) is 15.0. The highest BCUT2D eigenvalue weighted by atomic mass is 32.2. The van der Waals surface area contributed by atoms with Gasteiger partial charge in [-0.25, -0.2) is 8.42 Å². The average Bonchev–Trinajstić information content (AvgIpc) is 2.60. The highest BCUT2D eigenvalue weighted by Gasteiger charge is 2.23. The molecule has 0 aromatic heterocycles. The fourth-order valence-corrected chi connectivity index (χ4v) is 3.41. The van der Waals surface area contributed by atoms with Gasteiger partial charge in [0.1, 0.15) is 5.75 Å². The molecule has 0 N–H and O–H groups in total. The lowest BCUT2D eigenvalue weighted by atomic mass is 10.3. The summed E-state index contributed by atoms with van der Waals surface area (Å²) in [6.07, 6.45) is 0. The van der Waals surface area contributed by atoms with Crippen LogP contribution in [-0.4, -0.2) is 36.3 Å². The molecule has 6 nitrogen and oxygen atoms in total. The van der Waals surface area contributed by atoms with Crippen LogP contribution < -0.4 is 18.5 Å². The molecule has 24 heavy (non-hydrogen) atoms. The van der Waals surface area contributed by atoms with Gasteiger partial charge in [-0.1, -0.05) is 6.07 Å². The molecular weight excluding hydrogens is 330 g/mol. The highest BCUT2D eigenvalue weighted by molar-refractivity contribution is 7.92. The molecule has 2 aromatic rings. The van der Waals surface area contributed by atoms with Gasteiger partial charge < -0.3 is 14.2 Å². The van der Waals surface area contributed by atoms with Crippen LogP contribution in [0.1, 0.15) is 6.92 Å². The largest absolute Gasteiger partial charge is 0.494 e. The molecule has 0 bridgehead atoms. The van der Waals surface area contributed by atoms with E-state index in [9.17, 15) is 8.42 Å². The first kappa shape index (κ1) is 17.9. The molecule has 7 heteroatoms. The Hall–Kier alpha value is -2.41. The normalized spacial score (nSPS) is 11.0. The zero-order valence-electron chi connectivity index (χ0n) is 14.1. The number of benzene rings is 2. The van der Waals surface area contributed by atoms with Crippen molar-refractivity contribution in [1.29, 1.82) is 0 Å². The number of hydrogen-bond donors (Lipinski definition) is 0. The van der Waals surface area contributed by atoms with Gasteiger partial charge in [-0.3, -0.25) is 4.31 Å². The molecule has 2 aromatic carbocycles. The highest BCUT2D eigenvalue weighted by Crippen LogP contribution is 2.32. The first-order chi connectivity index (χ1) is 11.4. The lowest BCUT2D eigenvalue weighted by Gasteiger charge is -2.21. The summed E-state index contributed by atoms with van der Waals surface area (Å²) in [4.78, 5) is 0.115. The number of nitrogens with zero attached hydrogens (tertiary/aromatic N) is 1. The number of rotatable bonds is 7. The van der Waals surface area contributed by atoms with Crippen molar-refractivity contribution in [2.75, 3.05) is 32.2 Å². The van der Waals surface area contributed by atoms with Crippen molar-refractivity contribution in [3.63, 3.8) is 0 Å². The van der Waals surface area contributed by atoms with Crippen LogP contribution in [0.2, 0.25) is 0 Å². The molecule has 0 aliphatic heterocycles. The molecule has 0 spiro atoms. The maximum absolute atomic E-state index is 12.9. The summed E-state index contributed by atoms with van der Waals surface area (Å²) in [6.45, 7) is 2.38. The topological polar surface area (TPSA) is 65.1 Å². The summed E-state index contributed by atoms with van der Waals surface area (Å²) >= 11 is 0. The Balaban J connectivity index is 2.41. The number of anilines is 1. The van der Waals surface area contributed by atoms with Crippen LogP contribution in [0.15, 0.2) is 47.4 Å². The lowest BCUT2D eigenvalue weighted by molar-refractivity contribution is 0.340. The average molecular weight is 351 g/mol. The maximum atomic E-state index is 12.9. The van der Waals surface area contributed by atoms with Crippen molar-refractivity contribution < 1.29 is 22.6 Å². The van der Waals surface area contributed by atoms with E-state index in [1.165, 1.54) is 37.7 Å². The van der Waals surface area contributed by atoms with Crippen molar-refractivity contribution >= 4 is 15.7 Å². The monoisotopic (exact) mass is 351 g/mol. The summed E-state index contributed by atoms with van der Waals surface area (Å²) < 4.78 is 42.7. The van der Waals surface area contributed by atoms with Crippen LogP contribution in [-0.2, 0) is 10.0 Å². The number of methoxy groups -OCH3 is 2. The third kappa shape index (κ3) is 3.56. The van der Waals surface area contributed by atoms with Gasteiger partial charge in [0.2, 0.25) is 0 Å². The summed E-state index contributed by atoms with van der Waals surface area (Å²) in [5, 5.41) is 0. The molecule has 0 radical (unpaired) electrons. The minimum absolute atomic E-state index is 0.115. The van der Waals surface area contributed by atoms with Crippen LogP contribution in [0, 0.1) is 0 Å². The first-order valence-corrected chi connectivity index (χ1v) is 8.81. The molecular formula is C17H21NO5S. The van der Waals surface area contributed by atoms with Crippen LogP contribution >= 0.6 is 0 Å². The third-order valence-electron chi connectivity index (χ3n) is 3.51. The SMILES string of the molecule is CCOc1cccc(N(C)S(=O)(=O)c2ccc(OC)c(OC)c2)c1. The summed E-state index contributed by atoms with van der Waals surface area (Å²) in [7, 11) is 0.717. The first-order valence-electron chi connectivity index (χ1n) is 7.37. The fourth-order valence-electron chi connectivity index (χ4n) is 2.21. The van der Waals surface area contributed by atoms with Gasteiger partial charge in [-0.05, 0) is 31.2 Å². The van der Waals surface area contributed by atoms with E-state index in [1.54, 1.807) is 30.3 Å². The molecule has 0 unspecified atom stereocenters. The fraction of sp³-hybridized carbons (Fsp3) is 0.294. The Morgan fingerprint density at radius 3 is 2.33 bits per heavy atom. The second kappa shape index (κ2) is 7.44. The summed E-state index contributed by atoms with van der Waals surface area (Å²) in [6, 6.07) is 11.4. The van der Waals surface area contributed by atoms with Gasteiger partial charge in [0.15, 0.2) is 11.5 Å². The van der Waals surface area contributed by atoms with E-state index in [2.05, 4.69) is 0 Å². The summed E-state index contributed by atoms with van der Waals surface area (Å²) in [5.74, 6) is 1.44. The predicted octanol–water partition coefficient (Wildman–Crippen LogP) is 2.93. The molecule has 0 saturated carbocycles. The number of hydrogen-bond acceptors (Lipinski definition) is 5. The molecule has 2 rings (SSSR count). The molecule has 0 fully saturated rings. The predicted molar refractivity (Wildman–Crippen MR) is 92.7 cm³/mol. The van der Waals surface area contributed by atoms with Crippen molar-refractivity contribution in [3.05, 3.63) is 42.5 Å². The molecule has 0 atom stereocenters. The second-order valence-corrected chi connectivity index (χ2v) is 6.89. The van der Waals surface area contributed by atoms with E-state index in [0.29, 0.717) is 29.5 Å². The number of ether oxygens (including phenoxy) is 3. The van der Waals surface area contributed by atoms with E-state index in [4.69, 9.17) is 14.2 Å². The van der Waals surface area contributed by atoms with Crippen molar-refractivity contribution in [2.45, 2.75) is 11.8 Å². The van der Waals surface area contributed by atoms with Gasteiger partial charge in [-0.2, -0.15) is 0 Å². The van der Waals surface area contributed by atoms with Gasteiger partial charge in [-0.15, -0.1) is 0 Å². The molecule has 130 valence electrons. The Labute approximate surface area is 142 Å². The Bertz CT molecular complexity index is 804. The van der Waals surface area contributed by atoms with Crippen LogP contribution in [0.5, 0.6) is 17.2 Å². The van der Waals surface area contributed by atoms with Crippen molar-refractivity contribution in [3.8, 4) is 17.2 Å².